The van der Waals surface area contributed by atoms with Crippen molar-refractivity contribution in [3.05, 3.63) is 54.1 Å². The van der Waals surface area contributed by atoms with E-state index in [1.807, 2.05) is 50.4 Å². The fourth-order valence-corrected chi connectivity index (χ4v) is 4.17. The monoisotopic (exact) mass is 546 g/mol. The molecule has 7 N–H and O–H groups in total. The number of nitrogens with zero attached hydrogens (tertiary/aromatic N) is 1. The molecule has 1 aromatic carbocycles. The number of carboxylic acid groups (broad SMARTS) is 1. The minimum atomic E-state index is -1.15. The van der Waals surface area contributed by atoms with E-state index in [0.717, 1.165) is 5.56 Å². The van der Waals surface area contributed by atoms with Crippen LogP contribution in [0.2, 0.25) is 0 Å². The van der Waals surface area contributed by atoms with E-state index >= 15 is 0 Å². The van der Waals surface area contributed by atoms with Crippen molar-refractivity contribution < 1.29 is 24.3 Å². The van der Waals surface area contributed by atoms with Crippen LogP contribution in [-0.4, -0.2) is 74.9 Å². The summed E-state index contributed by atoms with van der Waals surface area (Å²) >= 11 is 1.47. The third-order valence-corrected chi connectivity index (χ3v) is 6.96. The molecular weight excluding hydrogens is 508 g/mol. The molecule has 0 aliphatic rings. The van der Waals surface area contributed by atoms with Gasteiger partial charge in [0, 0.05) is 24.7 Å². The van der Waals surface area contributed by atoms with Gasteiger partial charge in [-0.3, -0.25) is 14.4 Å². The van der Waals surface area contributed by atoms with Gasteiger partial charge in [-0.15, -0.1) is 0 Å². The Kier molecular flexibility index (Phi) is 12.8. The Hall–Kier alpha value is -3.38. The number of carboxylic acids is 1. The summed E-state index contributed by atoms with van der Waals surface area (Å²) in [6, 6.07) is 5.03. The first kappa shape index (κ1) is 30.8. The van der Waals surface area contributed by atoms with Gasteiger partial charge in [-0.1, -0.05) is 50.6 Å². The van der Waals surface area contributed by atoms with E-state index in [1.54, 1.807) is 6.20 Å². The van der Waals surface area contributed by atoms with Crippen LogP contribution in [0.1, 0.15) is 37.9 Å². The number of carbonyl (C=O) groups is 4. The van der Waals surface area contributed by atoms with Gasteiger partial charge in [0.2, 0.25) is 17.7 Å². The highest BCUT2D eigenvalue weighted by atomic mass is 32.2. The molecule has 2 rings (SSSR count). The molecule has 0 saturated carbocycles. The van der Waals surface area contributed by atoms with Gasteiger partial charge in [0.1, 0.15) is 18.1 Å². The first-order valence-corrected chi connectivity index (χ1v) is 13.9. The second-order valence-corrected chi connectivity index (χ2v) is 10.2. The quantitative estimate of drug-likeness (QED) is 0.179. The van der Waals surface area contributed by atoms with E-state index in [2.05, 4.69) is 25.9 Å². The maximum absolute atomic E-state index is 13.5. The molecule has 11 nitrogen and oxygen atoms in total. The zero-order valence-corrected chi connectivity index (χ0v) is 22.8. The van der Waals surface area contributed by atoms with Crippen molar-refractivity contribution >= 4 is 35.5 Å². The molecule has 0 radical (unpaired) electrons. The third kappa shape index (κ3) is 9.82. The van der Waals surface area contributed by atoms with E-state index < -0.39 is 47.9 Å². The second kappa shape index (κ2) is 15.8. The SMILES string of the molecule is CCC(C)C(N)C(=O)NC(Cc1cnc[nH]1)C(=O)NC(Cc1ccccc1)C(=O)NC(CCSC)C(=O)O. The van der Waals surface area contributed by atoms with Crippen LogP contribution in [0.25, 0.3) is 0 Å². The zero-order valence-electron chi connectivity index (χ0n) is 22.0. The molecule has 208 valence electrons. The van der Waals surface area contributed by atoms with Gasteiger partial charge in [0.25, 0.3) is 0 Å². The van der Waals surface area contributed by atoms with Crippen LogP contribution in [0.15, 0.2) is 42.9 Å². The third-order valence-electron chi connectivity index (χ3n) is 6.31. The van der Waals surface area contributed by atoms with Crippen LogP contribution in [0.3, 0.4) is 0 Å². The Morgan fingerprint density at radius 3 is 2.16 bits per heavy atom. The lowest BCUT2D eigenvalue weighted by atomic mass is 9.98. The molecule has 3 amide bonds. The lowest BCUT2D eigenvalue weighted by Crippen LogP contribution is -2.58. The van der Waals surface area contributed by atoms with E-state index in [0.29, 0.717) is 17.9 Å². The molecular formula is C26H38N6O5S. The molecule has 0 spiro atoms. The fraction of sp³-hybridized carbons (Fsp3) is 0.500. The van der Waals surface area contributed by atoms with Crippen LogP contribution in [0, 0.1) is 5.92 Å². The second-order valence-electron chi connectivity index (χ2n) is 9.19. The van der Waals surface area contributed by atoms with Gasteiger partial charge in [0.15, 0.2) is 0 Å². The van der Waals surface area contributed by atoms with E-state index in [1.165, 1.54) is 18.1 Å². The van der Waals surface area contributed by atoms with Crippen molar-refractivity contribution in [1.29, 1.82) is 0 Å². The summed E-state index contributed by atoms with van der Waals surface area (Å²) in [5.74, 6) is -2.42. The van der Waals surface area contributed by atoms with Crippen LogP contribution < -0.4 is 21.7 Å². The smallest absolute Gasteiger partial charge is 0.326 e. The van der Waals surface area contributed by atoms with Gasteiger partial charge >= 0.3 is 5.97 Å². The lowest BCUT2D eigenvalue weighted by molar-refractivity contribution is -0.142. The number of rotatable bonds is 16. The van der Waals surface area contributed by atoms with Crippen molar-refractivity contribution in [2.24, 2.45) is 11.7 Å². The lowest BCUT2D eigenvalue weighted by Gasteiger charge is -2.26. The predicted octanol–water partition coefficient (Wildman–Crippen LogP) is 0.860. The number of nitrogens with two attached hydrogens (primary N) is 1. The highest BCUT2D eigenvalue weighted by Crippen LogP contribution is 2.09. The Morgan fingerprint density at radius 1 is 1.00 bits per heavy atom. The highest BCUT2D eigenvalue weighted by molar-refractivity contribution is 7.98. The Bertz CT molecular complexity index is 1040. The average molecular weight is 547 g/mol. The summed E-state index contributed by atoms with van der Waals surface area (Å²) < 4.78 is 0. The fourth-order valence-electron chi connectivity index (χ4n) is 3.70. The summed E-state index contributed by atoms with van der Waals surface area (Å²) in [6.07, 6.45) is 6.00. The normalized spacial score (nSPS) is 14.9. The van der Waals surface area contributed by atoms with Crippen LogP contribution >= 0.6 is 11.8 Å². The van der Waals surface area contributed by atoms with Crippen molar-refractivity contribution in [2.75, 3.05) is 12.0 Å². The number of hydrogen-bond donors (Lipinski definition) is 6. The maximum Gasteiger partial charge on any atom is 0.326 e. The topological polar surface area (TPSA) is 179 Å². The summed E-state index contributed by atoms with van der Waals surface area (Å²) in [7, 11) is 0. The molecule has 0 saturated heterocycles. The van der Waals surface area contributed by atoms with Gasteiger partial charge in [-0.05, 0) is 29.9 Å². The number of aliphatic carboxylic acids is 1. The molecule has 0 bridgehead atoms. The van der Waals surface area contributed by atoms with Crippen molar-refractivity contribution in [2.45, 2.75) is 63.7 Å². The van der Waals surface area contributed by atoms with Gasteiger partial charge in [-0.2, -0.15) is 11.8 Å². The summed E-state index contributed by atoms with van der Waals surface area (Å²) in [4.78, 5) is 58.1. The first-order chi connectivity index (χ1) is 18.2. The molecule has 1 aromatic heterocycles. The predicted molar refractivity (Wildman–Crippen MR) is 146 cm³/mol. The minimum absolute atomic E-state index is 0.0932. The van der Waals surface area contributed by atoms with E-state index in [-0.39, 0.29) is 25.2 Å². The van der Waals surface area contributed by atoms with Crippen LogP contribution in [0.5, 0.6) is 0 Å². The molecule has 38 heavy (non-hydrogen) atoms. The zero-order chi connectivity index (χ0) is 28.1. The number of aromatic nitrogens is 2. The molecule has 5 unspecified atom stereocenters. The summed E-state index contributed by atoms with van der Waals surface area (Å²) in [5.41, 5.74) is 7.46. The highest BCUT2D eigenvalue weighted by Gasteiger charge is 2.31. The van der Waals surface area contributed by atoms with Gasteiger partial charge in [0.05, 0.1) is 12.4 Å². The van der Waals surface area contributed by atoms with E-state index in [9.17, 15) is 24.3 Å². The molecule has 0 aliphatic carbocycles. The molecule has 2 aromatic rings. The maximum atomic E-state index is 13.5. The number of thioether (sulfide) groups is 1. The molecule has 0 fully saturated rings. The average Bonchev–Trinajstić information content (AvgIpc) is 3.42. The Balaban J connectivity index is 2.26. The van der Waals surface area contributed by atoms with Crippen molar-refractivity contribution in [3.63, 3.8) is 0 Å². The standard InChI is InChI=1S/C26H38N6O5S/c1-4-16(2)22(27)25(35)32-21(13-18-14-28-15-29-18)24(34)31-20(12-17-8-6-5-7-9-17)23(33)30-19(26(36)37)10-11-38-3/h5-9,14-16,19-22H,4,10-13,27H2,1-3H3,(H,28,29)(H,30,33)(H,31,34)(H,32,35)(H,36,37). The number of nitrogens with one attached hydrogen (secondary N) is 4. The van der Waals surface area contributed by atoms with Gasteiger partial charge < -0.3 is 31.8 Å². The first-order valence-electron chi connectivity index (χ1n) is 12.6. The van der Waals surface area contributed by atoms with Crippen LogP contribution in [0.4, 0.5) is 0 Å². The minimum Gasteiger partial charge on any atom is -0.480 e. The summed E-state index contributed by atoms with van der Waals surface area (Å²) in [6.45, 7) is 3.77. The van der Waals surface area contributed by atoms with Crippen LogP contribution in [-0.2, 0) is 32.0 Å². The van der Waals surface area contributed by atoms with Crippen molar-refractivity contribution in [1.82, 2.24) is 25.9 Å². The number of H-pyrrole nitrogens is 1. The van der Waals surface area contributed by atoms with Crippen molar-refractivity contribution in [3.8, 4) is 0 Å². The molecule has 1 heterocycles. The number of hydrogen-bond acceptors (Lipinski definition) is 7. The number of carbonyl (C=O) groups excluding carboxylic acids is 3. The largest absolute Gasteiger partial charge is 0.480 e. The Labute approximate surface area is 227 Å². The number of imidazole rings is 1. The Morgan fingerprint density at radius 2 is 1.61 bits per heavy atom. The molecule has 5 atom stereocenters. The summed E-state index contributed by atoms with van der Waals surface area (Å²) in [5, 5.41) is 17.6. The molecule has 12 heteroatoms. The van der Waals surface area contributed by atoms with Gasteiger partial charge in [-0.25, -0.2) is 9.78 Å². The number of benzene rings is 1. The van der Waals surface area contributed by atoms with E-state index in [4.69, 9.17) is 5.73 Å². The molecule has 0 aliphatic heterocycles. The number of aromatic amines is 1. The number of amides is 3.